The van der Waals surface area contributed by atoms with Crippen molar-refractivity contribution < 1.29 is 9.59 Å². The third kappa shape index (κ3) is 1.48. The SMILES string of the molecule is CC(=O)N1CCc2c3n(c4ccccc24)C(=O)N(C)C(C)C31. The summed E-state index contributed by atoms with van der Waals surface area (Å²) in [6, 6.07) is 7.95. The van der Waals surface area contributed by atoms with Gasteiger partial charge in [0.05, 0.1) is 23.3 Å². The van der Waals surface area contributed by atoms with E-state index in [0.29, 0.717) is 6.54 Å². The standard InChI is InChI=1S/C17H19N3O2/c1-10-15-16-13(8-9-19(15)11(2)21)12-6-4-5-7-14(12)20(16)17(22)18(10)3/h4-7,10,15H,8-9H2,1-3H3. The highest BCUT2D eigenvalue weighted by molar-refractivity contribution is 5.97. The second-order valence-corrected chi connectivity index (χ2v) is 6.26. The van der Waals surface area contributed by atoms with Crippen molar-refractivity contribution in [2.45, 2.75) is 32.4 Å². The fourth-order valence-corrected chi connectivity index (χ4v) is 4.01. The van der Waals surface area contributed by atoms with Gasteiger partial charge in [-0.25, -0.2) is 4.79 Å². The van der Waals surface area contributed by atoms with Crippen molar-refractivity contribution in [1.82, 2.24) is 14.4 Å². The molecule has 0 N–H and O–H groups in total. The van der Waals surface area contributed by atoms with Gasteiger partial charge in [0.25, 0.3) is 0 Å². The van der Waals surface area contributed by atoms with E-state index in [1.54, 1.807) is 11.8 Å². The third-order valence-corrected chi connectivity index (χ3v) is 5.20. The Bertz CT molecular complexity index is 808. The molecule has 0 fully saturated rings. The molecule has 2 amide bonds. The van der Waals surface area contributed by atoms with Crippen LogP contribution < -0.4 is 0 Å². The molecule has 0 spiro atoms. The number of carbonyl (C=O) groups excluding carboxylic acids is 2. The van der Waals surface area contributed by atoms with Gasteiger partial charge >= 0.3 is 6.03 Å². The Morgan fingerprint density at radius 2 is 2.00 bits per heavy atom. The van der Waals surface area contributed by atoms with Gasteiger partial charge < -0.3 is 9.80 Å². The first-order valence-corrected chi connectivity index (χ1v) is 7.69. The molecule has 0 bridgehead atoms. The van der Waals surface area contributed by atoms with Crippen LogP contribution in [-0.4, -0.2) is 45.9 Å². The second-order valence-electron chi connectivity index (χ2n) is 6.26. The molecule has 22 heavy (non-hydrogen) atoms. The van der Waals surface area contributed by atoms with E-state index >= 15 is 0 Å². The summed E-state index contributed by atoms with van der Waals surface area (Å²) in [5.74, 6) is 0.0713. The smallest absolute Gasteiger partial charge is 0.329 e. The molecule has 5 nitrogen and oxygen atoms in total. The summed E-state index contributed by atoms with van der Waals surface area (Å²) in [7, 11) is 1.82. The topological polar surface area (TPSA) is 45.6 Å². The summed E-state index contributed by atoms with van der Waals surface area (Å²) in [5.41, 5.74) is 3.19. The lowest BCUT2D eigenvalue weighted by molar-refractivity contribution is -0.133. The molecular weight excluding hydrogens is 278 g/mol. The number of aromatic nitrogens is 1. The molecule has 2 aliphatic rings. The van der Waals surface area contributed by atoms with E-state index in [1.807, 2.05) is 41.6 Å². The number of fused-ring (bicyclic) bond motifs is 3. The lowest BCUT2D eigenvalue weighted by Gasteiger charge is -2.45. The number of rotatable bonds is 0. The molecule has 0 radical (unpaired) electrons. The molecule has 0 aliphatic carbocycles. The molecule has 2 unspecified atom stereocenters. The van der Waals surface area contributed by atoms with E-state index in [9.17, 15) is 9.59 Å². The van der Waals surface area contributed by atoms with Crippen molar-refractivity contribution >= 4 is 22.8 Å². The summed E-state index contributed by atoms with van der Waals surface area (Å²) in [6.07, 6.45) is 0.808. The summed E-state index contributed by atoms with van der Waals surface area (Å²) >= 11 is 0. The average Bonchev–Trinajstić information content (AvgIpc) is 2.85. The van der Waals surface area contributed by atoms with Crippen molar-refractivity contribution in [2.75, 3.05) is 13.6 Å². The lowest BCUT2D eigenvalue weighted by atomic mass is 9.91. The summed E-state index contributed by atoms with van der Waals surface area (Å²) < 4.78 is 1.81. The van der Waals surface area contributed by atoms with Crippen molar-refractivity contribution in [1.29, 1.82) is 0 Å². The van der Waals surface area contributed by atoms with Crippen molar-refractivity contribution in [2.24, 2.45) is 0 Å². The summed E-state index contributed by atoms with van der Waals surface area (Å²) in [4.78, 5) is 28.5. The fraction of sp³-hybridized carbons (Fsp3) is 0.412. The van der Waals surface area contributed by atoms with Crippen LogP contribution in [0.4, 0.5) is 4.79 Å². The van der Waals surface area contributed by atoms with Gasteiger partial charge in [-0.2, -0.15) is 0 Å². The fourth-order valence-electron chi connectivity index (χ4n) is 4.01. The van der Waals surface area contributed by atoms with Crippen LogP contribution in [0.15, 0.2) is 24.3 Å². The van der Waals surface area contributed by atoms with Crippen LogP contribution in [0.25, 0.3) is 10.9 Å². The lowest BCUT2D eigenvalue weighted by Crippen LogP contribution is -2.55. The number of nitrogens with zero attached hydrogens (tertiary/aromatic N) is 3. The molecule has 2 aliphatic heterocycles. The highest BCUT2D eigenvalue weighted by Gasteiger charge is 2.44. The van der Waals surface area contributed by atoms with Gasteiger partial charge in [0, 0.05) is 25.9 Å². The first kappa shape index (κ1) is 13.4. The molecule has 114 valence electrons. The van der Waals surface area contributed by atoms with Crippen LogP contribution in [0.2, 0.25) is 0 Å². The Kier molecular flexibility index (Phi) is 2.64. The Balaban J connectivity index is 2.08. The second kappa shape index (κ2) is 4.35. The number of likely N-dealkylation sites (N-methyl/N-ethyl adjacent to an activating group) is 1. The van der Waals surface area contributed by atoms with E-state index < -0.39 is 0 Å². The highest BCUT2D eigenvalue weighted by Crippen LogP contribution is 2.42. The molecule has 5 heteroatoms. The minimum absolute atomic E-state index is 0.00778. The molecule has 0 saturated heterocycles. The molecule has 2 aromatic rings. The van der Waals surface area contributed by atoms with Crippen LogP contribution in [0, 0.1) is 0 Å². The first-order chi connectivity index (χ1) is 10.5. The maximum Gasteiger partial charge on any atom is 0.329 e. The van der Waals surface area contributed by atoms with Gasteiger partial charge in [0.1, 0.15) is 0 Å². The number of carbonyl (C=O) groups is 2. The normalized spacial score (nSPS) is 23.9. The average molecular weight is 297 g/mol. The predicted molar refractivity (Wildman–Crippen MR) is 83.8 cm³/mol. The maximum atomic E-state index is 12.8. The van der Waals surface area contributed by atoms with Gasteiger partial charge in [0.2, 0.25) is 5.91 Å². The minimum atomic E-state index is -0.0589. The number of hydrogen-bond acceptors (Lipinski definition) is 2. The van der Waals surface area contributed by atoms with Gasteiger partial charge in [-0.15, -0.1) is 0 Å². The molecule has 1 aromatic heterocycles. The van der Waals surface area contributed by atoms with Crippen LogP contribution in [0.1, 0.15) is 31.1 Å². The van der Waals surface area contributed by atoms with Crippen LogP contribution in [0.5, 0.6) is 0 Å². The van der Waals surface area contributed by atoms with E-state index in [4.69, 9.17) is 0 Å². The van der Waals surface area contributed by atoms with E-state index in [1.165, 1.54) is 5.56 Å². The van der Waals surface area contributed by atoms with Crippen molar-refractivity contribution in [3.63, 3.8) is 0 Å². The van der Waals surface area contributed by atoms with Gasteiger partial charge in [0.15, 0.2) is 0 Å². The van der Waals surface area contributed by atoms with Crippen molar-refractivity contribution in [3.8, 4) is 0 Å². The monoisotopic (exact) mass is 297 g/mol. The predicted octanol–water partition coefficient (Wildman–Crippen LogP) is 2.39. The molecular formula is C17H19N3O2. The number of amides is 2. The summed E-state index contributed by atoms with van der Waals surface area (Å²) in [6.45, 7) is 4.35. The number of para-hydroxylation sites is 1. The molecule has 2 atom stereocenters. The molecule has 0 saturated carbocycles. The Labute approximate surface area is 129 Å². The van der Waals surface area contributed by atoms with Crippen LogP contribution in [0.3, 0.4) is 0 Å². The van der Waals surface area contributed by atoms with E-state index in [2.05, 4.69) is 6.07 Å². The zero-order chi connectivity index (χ0) is 15.6. The van der Waals surface area contributed by atoms with E-state index in [-0.39, 0.29) is 24.0 Å². The van der Waals surface area contributed by atoms with Crippen LogP contribution >= 0.6 is 0 Å². The molecule has 1 aromatic carbocycles. The largest absolute Gasteiger partial charge is 0.332 e. The summed E-state index contributed by atoms with van der Waals surface area (Å²) in [5, 5.41) is 1.14. The van der Waals surface area contributed by atoms with Gasteiger partial charge in [-0.05, 0) is 25.0 Å². The number of hydrogen-bond donors (Lipinski definition) is 0. The van der Waals surface area contributed by atoms with Crippen molar-refractivity contribution in [3.05, 3.63) is 35.5 Å². The molecule has 3 heterocycles. The quantitative estimate of drug-likeness (QED) is 0.749. The Morgan fingerprint density at radius 3 is 2.73 bits per heavy atom. The van der Waals surface area contributed by atoms with Gasteiger partial charge in [-0.3, -0.25) is 9.36 Å². The van der Waals surface area contributed by atoms with Gasteiger partial charge in [-0.1, -0.05) is 18.2 Å². The zero-order valence-electron chi connectivity index (χ0n) is 13.0. The zero-order valence-corrected chi connectivity index (χ0v) is 13.0. The third-order valence-electron chi connectivity index (χ3n) is 5.20. The Morgan fingerprint density at radius 1 is 1.27 bits per heavy atom. The maximum absolute atomic E-state index is 12.8. The first-order valence-electron chi connectivity index (χ1n) is 7.69. The van der Waals surface area contributed by atoms with Crippen LogP contribution in [-0.2, 0) is 11.2 Å². The molecule has 4 rings (SSSR count). The number of benzene rings is 1. The minimum Gasteiger partial charge on any atom is -0.332 e. The van der Waals surface area contributed by atoms with E-state index in [0.717, 1.165) is 23.0 Å². The highest BCUT2D eigenvalue weighted by atomic mass is 16.2. The Hall–Kier alpha value is -2.30.